The maximum absolute atomic E-state index is 11.7. The maximum atomic E-state index is 11.7. The van der Waals surface area contributed by atoms with Crippen molar-refractivity contribution >= 4 is 11.9 Å². The van der Waals surface area contributed by atoms with Crippen molar-refractivity contribution in [2.24, 2.45) is 0 Å². The number of carbonyl (C=O) groups excluding carboxylic acids is 2. The lowest BCUT2D eigenvalue weighted by molar-refractivity contribution is -0.181. The van der Waals surface area contributed by atoms with Gasteiger partial charge in [0.05, 0.1) is 26.2 Å². The molecule has 0 saturated carbocycles. The van der Waals surface area contributed by atoms with Crippen molar-refractivity contribution in [3.05, 3.63) is 42.0 Å². The highest BCUT2D eigenvalue weighted by atomic mass is 16.6. The van der Waals surface area contributed by atoms with E-state index in [9.17, 15) is 9.59 Å². The van der Waals surface area contributed by atoms with Gasteiger partial charge >= 0.3 is 5.97 Å². The third kappa shape index (κ3) is 4.58. The van der Waals surface area contributed by atoms with Crippen molar-refractivity contribution in [1.82, 2.24) is 4.90 Å². The van der Waals surface area contributed by atoms with Crippen LogP contribution in [0.4, 0.5) is 0 Å². The van der Waals surface area contributed by atoms with E-state index in [1.807, 2.05) is 31.2 Å². The molecule has 0 aromatic heterocycles. The summed E-state index contributed by atoms with van der Waals surface area (Å²) in [4.78, 5) is 24.2. The summed E-state index contributed by atoms with van der Waals surface area (Å²) < 4.78 is 16.0. The Kier molecular flexibility index (Phi) is 5.98. The Balaban J connectivity index is 1.81. The van der Waals surface area contributed by atoms with Gasteiger partial charge in [0.25, 0.3) is 0 Å². The summed E-state index contributed by atoms with van der Waals surface area (Å²) in [5.41, 5.74) is 1.78. The summed E-state index contributed by atoms with van der Waals surface area (Å²) in [6.45, 7) is 7.96. The van der Waals surface area contributed by atoms with E-state index in [-0.39, 0.29) is 18.4 Å². The molecule has 24 heavy (non-hydrogen) atoms. The fraction of sp³-hybridized carbons (Fsp3) is 0.444. The lowest BCUT2D eigenvalue weighted by atomic mass is 10.1. The summed E-state index contributed by atoms with van der Waals surface area (Å²) in [6.07, 6.45) is -0.479. The highest BCUT2D eigenvalue weighted by molar-refractivity contribution is 5.83. The fourth-order valence-corrected chi connectivity index (χ4v) is 2.32. The van der Waals surface area contributed by atoms with Crippen molar-refractivity contribution < 1.29 is 23.8 Å². The molecular weight excluding hydrogens is 310 g/mol. The number of hydrogen-bond donors (Lipinski definition) is 0. The number of likely N-dealkylation sites (tertiary alicyclic amines) is 1. The molecule has 0 bridgehead atoms. The molecule has 1 saturated heterocycles. The predicted octanol–water partition coefficient (Wildman–Crippen LogP) is 2.28. The molecule has 130 valence electrons. The van der Waals surface area contributed by atoms with Gasteiger partial charge in [0.15, 0.2) is 6.23 Å². The van der Waals surface area contributed by atoms with Gasteiger partial charge in [-0.15, -0.1) is 0 Å². The van der Waals surface area contributed by atoms with Gasteiger partial charge in [-0.1, -0.05) is 18.7 Å². The third-order valence-corrected chi connectivity index (χ3v) is 3.93. The lowest BCUT2D eigenvalue weighted by Crippen LogP contribution is -2.55. The second-order valence-corrected chi connectivity index (χ2v) is 5.75. The van der Waals surface area contributed by atoms with Crippen LogP contribution < -0.4 is 4.74 Å². The number of benzene rings is 1. The van der Waals surface area contributed by atoms with Gasteiger partial charge in [0.1, 0.15) is 5.75 Å². The van der Waals surface area contributed by atoms with Crippen LogP contribution in [0, 0.1) is 0 Å². The van der Waals surface area contributed by atoms with Crippen molar-refractivity contribution in [2.45, 2.75) is 39.2 Å². The SMILES string of the molecule is C=C(CN1C(=O)CC1OC(C)=O)[C@H](C)OCc1ccc(OC)cc1. The molecular formula is C18H23NO5. The molecule has 1 heterocycles. The molecule has 6 heteroatoms. The number of rotatable bonds is 8. The smallest absolute Gasteiger partial charge is 0.304 e. The van der Waals surface area contributed by atoms with Crippen molar-refractivity contribution in [3.8, 4) is 5.75 Å². The Bertz CT molecular complexity index is 610. The van der Waals surface area contributed by atoms with E-state index >= 15 is 0 Å². The molecule has 0 aliphatic carbocycles. The number of carbonyl (C=O) groups is 2. The van der Waals surface area contributed by atoms with Crippen LogP contribution in [0.3, 0.4) is 0 Å². The zero-order chi connectivity index (χ0) is 17.7. The van der Waals surface area contributed by atoms with Crippen LogP contribution in [0.2, 0.25) is 0 Å². The van der Waals surface area contributed by atoms with Crippen LogP contribution in [0.1, 0.15) is 25.8 Å². The third-order valence-electron chi connectivity index (χ3n) is 3.93. The van der Waals surface area contributed by atoms with Crippen LogP contribution in [0.25, 0.3) is 0 Å². The molecule has 1 aliphatic rings. The van der Waals surface area contributed by atoms with Crippen LogP contribution in [-0.4, -0.2) is 42.8 Å². The Morgan fingerprint density at radius 1 is 1.38 bits per heavy atom. The molecule has 0 radical (unpaired) electrons. The van der Waals surface area contributed by atoms with Crippen molar-refractivity contribution in [3.63, 3.8) is 0 Å². The number of amides is 1. The topological polar surface area (TPSA) is 65.1 Å². The van der Waals surface area contributed by atoms with Crippen LogP contribution in [0.5, 0.6) is 5.75 Å². The first-order chi connectivity index (χ1) is 11.4. The normalized spacial score (nSPS) is 17.9. The summed E-state index contributed by atoms with van der Waals surface area (Å²) in [5, 5.41) is 0. The van der Waals surface area contributed by atoms with E-state index in [1.54, 1.807) is 7.11 Å². The number of hydrogen-bond acceptors (Lipinski definition) is 5. The standard InChI is InChI=1S/C18H23NO5/c1-12(10-19-17(21)9-18(19)24-14(3)20)13(2)23-11-15-5-7-16(22-4)8-6-15/h5-8,13,18H,1,9-11H2,2-4H3/t13-,18?/m0/s1. The molecule has 0 N–H and O–H groups in total. The van der Waals surface area contributed by atoms with E-state index in [4.69, 9.17) is 14.2 Å². The maximum Gasteiger partial charge on any atom is 0.304 e. The molecule has 1 amide bonds. The Hall–Kier alpha value is -2.34. The first-order valence-electron chi connectivity index (χ1n) is 7.79. The van der Waals surface area contributed by atoms with E-state index in [1.165, 1.54) is 11.8 Å². The number of methoxy groups -OCH3 is 1. The zero-order valence-corrected chi connectivity index (χ0v) is 14.3. The van der Waals surface area contributed by atoms with Crippen LogP contribution in [-0.2, 0) is 25.7 Å². The second-order valence-electron chi connectivity index (χ2n) is 5.75. The summed E-state index contributed by atoms with van der Waals surface area (Å²) in [6, 6.07) is 7.62. The highest BCUT2D eigenvalue weighted by Gasteiger charge is 2.38. The first kappa shape index (κ1) is 18.0. The largest absolute Gasteiger partial charge is 0.497 e. The molecule has 0 spiro atoms. The monoisotopic (exact) mass is 333 g/mol. The van der Waals surface area contributed by atoms with E-state index in [2.05, 4.69) is 6.58 Å². The van der Waals surface area contributed by atoms with Crippen LogP contribution >= 0.6 is 0 Å². The van der Waals surface area contributed by atoms with Crippen molar-refractivity contribution in [1.29, 1.82) is 0 Å². The minimum absolute atomic E-state index is 0.0512. The average molecular weight is 333 g/mol. The fourth-order valence-electron chi connectivity index (χ4n) is 2.32. The van der Waals surface area contributed by atoms with Gasteiger partial charge < -0.3 is 19.1 Å². The van der Waals surface area contributed by atoms with E-state index < -0.39 is 12.2 Å². The van der Waals surface area contributed by atoms with Gasteiger partial charge in [-0.2, -0.15) is 0 Å². The van der Waals surface area contributed by atoms with E-state index in [0.29, 0.717) is 13.2 Å². The molecule has 1 aliphatic heterocycles. The predicted molar refractivity (Wildman–Crippen MR) is 88.3 cm³/mol. The summed E-state index contributed by atoms with van der Waals surface area (Å²) in [5.74, 6) is 0.348. The quantitative estimate of drug-likeness (QED) is 0.415. The molecule has 2 atom stereocenters. The second kappa shape index (κ2) is 7.97. The van der Waals surface area contributed by atoms with Gasteiger partial charge in [-0.3, -0.25) is 9.59 Å². The summed E-state index contributed by atoms with van der Waals surface area (Å²) >= 11 is 0. The first-order valence-corrected chi connectivity index (χ1v) is 7.79. The Morgan fingerprint density at radius 3 is 2.58 bits per heavy atom. The summed E-state index contributed by atoms with van der Waals surface area (Å²) in [7, 11) is 1.62. The minimum atomic E-state index is -0.486. The Labute approximate surface area is 142 Å². The zero-order valence-electron chi connectivity index (χ0n) is 14.3. The van der Waals surface area contributed by atoms with Gasteiger partial charge in [-0.25, -0.2) is 0 Å². The Morgan fingerprint density at radius 2 is 2.04 bits per heavy atom. The lowest BCUT2D eigenvalue weighted by Gasteiger charge is -2.40. The number of nitrogens with zero attached hydrogens (tertiary/aromatic N) is 1. The molecule has 1 aromatic carbocycles. The average Bonchev–Trinajstić information content (AvgIpc) is 2.57. The van der Waals surface area contributed by atoms with Gasteiger partial charge in [0.2, 0.25) is 5.91 Å². The minimum Gasteiger partial charge on any atom is -0.497 e. The number of ether oxygens (including phenoxy) is 3. The van der Waals surface area contributed by atoms with E-state index in [0.717, 1.165) is 16.9 Å². The van der Waals surface area contributed by atoms with Gasteiger partial charge in [-0.05, 0) is 30.2 Å². The molecule has 2 rings (SSSR count). The number of β-lactam (4-membered cyclic amide) rings is 1. The molecule has 6 nitrogen and oxygen atoms in total. The molecule has 1 fully saturated rings. The van der Waals surface area contributed by atoms with Gasteiger partial charge in [0, 0.05) is 13.5 Å². The number of esters is 1. The molecule has 1 unspecified atom stereocenters. The van der Waals surface area contributed by atoms with Crippen LogP contribution in [0.15, 0.2) is 36.4 Å². The molecule has 1 aromatic rings. The highest BCUT2D eigenvalue weighted by Crippen LogP contribution is 2.23. The van der Waals surface area contributed by atoms with Crippen molar-refractivity contribution in [2.75, 3.05) is 13.7 Å².